The van der Waals surface area contributed by atoms with E-state index in [0.717, 1.165) is 19.3 Å². The molecule has 4 nitrogen and oxygen atoms in total. The number of hydrogen-bond acceptors (Lipinski definition) is 4. The van der Waals surface area contributed by atoms with E-state index in [1.165, 1.54) is 0 Å². The van der Waals surface area contributed by atoms with Gasteiger partial charge in [0, 0.05) is 0 Å². The standard InChI is InChI=1S/C11H18O4.Ba/c1-2-11(9(12)13,10(14)15)8-6-4-3-5-7-8;/h8H,2-7H2,1H3,(H,12,13)(H,14,15);/q;+2/p-2. The van der Waals surface area contributed by atoms with Crippen LogP contribution in [-0.4, -0.2) is 60.8 Å². The molecule has 0 spiro atoms. The summed E-state index contributed by atoms with van der Waals surface area (Å²) in [6.07, 6.45) is 4.18. The summed E-state index contributed by atoms with van der Waals surface area (Å²) in [5.41, 5.74) is -1.78. The average Bonchev–Trinajstić information content (AvgIpc) is 2.20. The van der Waals surface area contributed by atoms with Gasteiger partial charge in [-0.2, -0.15) is 0 Å². The molecule has 1 saturated carbocycles. The third-order valence-corrected chi connectivity index (χ3v) is 3.59. The van der Waals surface area contributed by atoms with E-state index in [9.17, 15) is 19.8 Å². The molecule has 5 heteroatoms. The smallest absolute Gasteiger partial charge is 0.549 e. The molecular weight excluding hydrogens is 333 g/mol. The van der Waals surface area contributed by atoms with Gasteiger partial charge in [0.1, 0.15) is 0 Å². The Morgan fingerprint density at radius 1 is 1.12 bits per heavy atom. The van der Waals surface area contributed by atoms with Crippen molar-refractivity contribution in [3.05, 3.63) is 0 Å². The van der Waals surface area contributed by atoms with Crippen molar-refractivity contribution in [1.82, 2.24) is 0 Å². The summed E-state index contributed by atoms with van der Waals surface area (Å²) in [5.74, 6) is -3.31. The molecule has 0 heterocycles. The molecule has 0 radical (unpaired) electrons. The van der Waals surface area contributed by atoms with Crippen LogP contribution in [0.25, 0.3) is 0 Å². The minimum atomic E-state index is -1.78. The molecule has 0 atom stereocenters. The number of rotatable bonds is 4. The third kappa shape index (κ3) is 3.04. The largest absolute Gasteiger partial charge is 2.00 e. The van der Waals surface area contributed by atoms with Crippen LogP contribution < -0.4 is 10.2 Å². The van der Waals surface area contributed by atoms with Crippen LogP contribution >= 0.6 is 0 Å². The molecular formula is C11H16BaO4. The van der Waals surface area contributed by atoms with Gasteiger partial charge in [-0.05, 0) is 25.2 Å². The van der Waals surface area contributed by atoms with E-state index in [1.807, 2.05) is 0 Å². The molecule has 0 N–H and O–H groups in total. The Labute approximate surface area is 136 Å². The molecule has 0 unspecified atom stereocenters. The van der Waals surface area contributed by atoms with Gasteiger partial charge in [-0.3, -0.25) is 0 Å². The first-order chi connectivity index (χ1) is 7.05. The zero-order valence-electron chi connectivity index (χ0n) is 9.66. The Morgan fingerprint density at radius 2 is 1.56 bits per heavy atom. The van der Waals surface area contributed by atoms with Gasteiger partial charge in [-0.1, -0.05) is 26.2 Å². The van der Waals surface area contributed by atoms with E-state index in [2.05, 4.69) is 0 Å². The monoisotopic (exact) mass is 350 g/mol. The summed E-state index contributed by atoms with van der Waals surface area (Å²) < 4.78 is 0. The molecule has 0 aliphatic heterocycles. The van der Waals surface area contributed by atoms with Crippen LogP contribution in [0, 0.1) is 11.3 Å². The zero-order valence-corrected chi connectivity index (χ0v) is 14.1. The second-order valence-electron chi connectivity index (χ2n) is 4.23. The predicted octanol–water partition coefficient (Wildman–Crippen LogP) is -0.918. The minimum absolute atomic E-state index is 0. The maximum atomic E-state index is 11.1. The molecule has 0 amide bonds. The Morgan fingerprint density at radius 3 is 1.88 bits per heavy atom. The number of carbonyl (C=O) groups excluding carboxylic acids is 2. The number of hydrogen-bond donors (Lipinski definition) is 0. The molecule has 1 aliphatic carbocycles. The fourth-order valence-corrected chi connectivity index (χ4v) is 2.59. The fourth-order valence-electron chi connectivity index (χ4n) is 2.59. The van der Waals surface area contributed by atoms with E-state index in [1.54, 1.807) is 6.92 Å². The third-order valence-electron chi connectivity index (χ3n) is 3.59. The predicted molar refractivity (Wildman–Crippen MR) is 55.1 cm³/mol. The van der Waals surface area contributed by atoms with Crippen molar-refractivity contribution < 1.29 is 19.8 Å². The van der Waals surface area contributed by atoms with Gasteiger partial charge in [0.2, 0.25) is 0 Å². The zero-order chi connectivity index (χ0) is 11.5. The second kappa shape index (κ2) is 7.06. The maximum Gasteiger partial charge on any atom is 2.00 e. The molecule has 86 valence electrons. The molecule has 0 aromatic heterocycles. The first kappa shape index (κ1) is 16.5. The maximum absolute atomic E-state index is 11.1. The normalized spacial score (nSPS) is 17.6. The number of aliphatic carboxylic acids is 2. The molecule has 1 aliphatic rings. The summed E-state index contributed by atoms with van der Waals surface area (Å²) in [5, 5.41) is 22.1. The minimum Gasteiger partial charge on any atom is -0.549 e. The first-order valence-electron chi connectivity index (χ1n) is 5.48. The van der Waals surface area contributed by atoms with Crippen molar-refractivity contribution in [1.29, 1.82) is 0 Å². The molecule has 16 heavy (non-hydrogen) atoms. The van der Waals surface area contributed by atoms with E-state index in [4.69, 9.17) is 0 Å². The molecule has 0 aromatic rings. The Bertz CT molecular complexity index is 245. The Balaban J connectivity index is 0.00000225. The van der Waals surface area contributed by atoms with Gasteiger partial charge in [-0.25, -0.2) is 0 Å². The van der Waals surface area contributed by atoms with Crippen LogP contribution in [0.2, 0.25) is 0 Å². The van der Waals surface area contributed by atoms with Gasteiger partial charge in [-0.15, -0.1) is 0 Å². The summed E-state index contributed by atoms with van der Waals surface area (Å²) in [4.78, 5) is 22.1. The fraction of sp³-hybridized carbons (Fsp3) is 0.818. The van der Waals surface area contributed by atoms with E-state index in [0.29, 0.717) is 12.8 Å². The molecule has 0 bridgehead atoms. The van der Waals surface area contributed by atoms with Crippen LogP contribution in [0.15, 0.2) is 0 Å². The van der Waals surface area contributed by atoms with Crippen LogP contribution in [0.5, 0.6) is 0 Å². The van der Waals surface area contributed by atoms with Gasteiger partial charge >= 0.3 is 48.9 Å². The van der Waals surface area contributed by atoms with Gasteiger partial charge in [0.15, 0.2) is 0 Å². The molecule has 0 aromatic carbocycles. The summed E-state index contributed by atoms with van der Waals surface area (Å²) in [7, 11) is 0. The van der Waals surface area contributed by atoms with Crippen LogP contribution in [0.3, 0.4) is 0 Å². The van der Waals surface area contributed by atoms with Crippen molar-refractivity contribution >= 4 is 60.8 Å². The van der Waals surface area contributed by atoms with Crippen molar-refractivity contribution in [2.75, 3.05) is 0 Å². The molecule has 1 fully saturated rings. The van der Waals surface area contributed by atoms with Crippen LogP contribution in [0.1, 0.15) is 45.4 Å². The van der Waals surface area contributed by atoms with Crippen molar-refractivity contribution in [3.8, 4) is 0 Å². The van der Waals surface area contributed by atoms with Crippen LogP contribution in [0.4, 0.5) is 0 Å². The first-order valence-corrected chi connectivity index (χ1v) is 5.48. The van der Waals surface area contributed by atoms with Gasteiger partial charge < -0.3 is 19.8 Å². The van der Waals surface area contributed by atoms with Gasteiger partial charge in [0.25, 0.3) is 0 Å². The Hall–Kier alpha value is 0.511. The van der Waals surface area contributed by atoms with Crippen molar-refractivity contribution in [3.63, 3.8) is 0 Å². The van der Waals surface area contributed by atoms with Crippen LogP contribution in [-0.2, 0) is 9.59 Å². The molecule has 0 saturated heterocycles. The Kier molecular flexibility index (Phi) is 7.28. The molecule has 1 rings (SSSR count). The van der Waals surface area contributed by atoms with E-state index >= 15 is 0 Å². The number of carboxylic acids is 2. The van der Waals surface area contributed by atoms with E-state index < -0.39 is 17.4 Å². The van der Waals surface area contributed by atoms with Crippen molar-refractivity contribution in [2.24, 2.45) is 11.3 Å². The number of carbonyl (C=O) groups is 2. The SMILES string of the molecule is CCC(C(=O)[O-])(C(=O)[O-])C1CCCCC1.[Ba+2]. The van der Waals surface area contributed by atoms with Crippen molar-refractivity contribution in [2.45, 2.75) is 45.4 Å². The van der Waals surface area contributed by atoms with Gasteiger partial charge in [0.05, 0.1) is 17.4 Å². The second-order valence-corrected chi connectivity index (χ2v) is 4.23. The topological polar surface area (TPSA) is 80.3 Å². The quantitative estimate of drug-likeness (QED) is 0.486. The summed E-state index contributed by atoms with van der Waals surface area (Å²) >= 11 is 0. The van der Waals surface area contributed by atoms with E-state index in [-0.39, 0.29) is 61.2 Å². The number of carboxylic acid groups (broad SMARTS) is 2. The average molecular weight is 350 g/mol. The summed E-state index contributed by atoms with van der Waals surface area (Å²) in [6, 6.07) is 0. The summed E-state index contributed by atoms with van der Waals surface area (Å²) in [6.45, 7) is 1.57.